The van der Waals surface area contributed by atoms with Crippen molar-refractivity contribution in [1.82, 2.24) is 0 Å². The van der Waals surface area contributed by atoms with Crippen LogP contribution >= 0.6 is 11.1 Å². The molecule has 2 atom stereocenters. The minimum Gasteiger partial charge on any atom is -0.171 e. The largest absolute Gasteiger partial charge is 0.171 e. The molecule has 2 heteroatoms. The number of halogens is 1. The van der Waals surface area contributed by atoms with Crippen molar-refractivity contribution in [3.05, 3.63) is 0 Å². The third-order valence-corrected chi connectivity index (χ3v) is 8.07. The van der Waals surface area contributed by atoms with E-state index in [2.05, 4.69) is 27.7 Å². The lowest BCUT2D eigenvalue weighted by Gasteiger charge is -2.19. The molecule has 0 aromatic heterocycles. The maximum Gasteiger partial charge on any atom is 0.146 e. The van der Waals surface area contributed by atoms with Crippen LogP contribution in [0.4, 0.5) is 0 Å². The van der Waals surface area contributed by atoms with Crippen LogP contribution in [0.25, 0.3) is 0 Å². The smallest absolute Gasteiger partial charge is 0.146 e. The Morgan fingerprint density at radius 1 is 1.10 bits per heavy atom. The highest BCUT2D eigenvalue weighted by molar-refractivity contribution is 7.08. The van der Waals surface area contributed by atoms with Crippen LogP contribution in [0, 0.1) is 0 Å². The molecule has 2 unspecified atom stereocenters. The van der Waals surface area contributed by atoms with Gasteiger partial charge in [0.25, 0.3) is 0 Å². The monoisotopic (exact) mass is 178 g/mol. The van der Waals surface area contributed by atoms with Gasteiger partial charge in [-0.2, -0.15) is 11.1 Å². The Labute approximate surface area is 71.3 Å². The number of hydrogen-bond donors (Lipinski definition) is 0. The van der Waals surface area contributed by atoms with Gasteiger partial charge >= 0.3 is 0 Å². The average Bonchev–Trinajstić information content (AvgIpc) is 2.00. The summed E-state index contributed by atoms with van der Waals surface area (Å²) in [6, 6.07) is 0. The van der Waals surface area contributed by atoms with Crippen LogP contribution in [0.1, 0.15) is 40.5 Å². The molecule has 62 valence electrons. The topological polar surface area (TPSA) is 0 Å². The van der Waals surface area contributed by atoms with Crippen LogP contribution in [-0.4, -0.2) is 8.11 Å². The van der Waals surface area contributed by atoms with E-state index in [-0.39, 0.29) is 0 Å². The third-order valence-electron chi connectivity index (χ3n) is 2.38. The van der Waals surface area contributed by atoms with E-state index < -0.39 is 8.11 Å². The number of hydrogen-bond acceptors (Lipinski definition) is 0. The summed E-state index contributed by atoms with van der Waals surface area (Å²) in [5.41, 5.74) is 1.60. The SMILES string of the molecule is CCC(C)[SiH](Cl)C(C)CC. The van der Waals surface area contributed by atoms with Crippen molar-refractivity contribution < 1.29 is 0 Å². The fourth-order valence-corrected chi connectivity index (χ4v) is 4.10. The Balaban J connectivity index is 3.69. The van der Waals surface area contributed by atoms with Gasteiger partial charge in [-0.05, 0) is 11.1 Å². The lowest BCUT2D eigenvalue weighted by atomic mass is 10.4. The van der Waals surface area contributed by atoms with Gasteiger partial charge in [-0.25, -0.2) is 0 Å². The van der Waals surface area contributed by atoms with Gasteiger partial charge in [0, 0.05) is 0 Å². The first-order valence-electron chi connectivity index (χ1n) is 4.27. The van der Waals surface area contributed by atoms with Gasteiger partial charge in [-0.3, -0.25) is 0 Å². The van der Waals surface area contributed by atoms with Crippen LogP contribution in [-0.2, 0) is 0 Å². The fourth-order valence-electron chi connectivity index (χ4n) is 1.01. The van der Waals surface area contributed by atoms with Gasteiger partial charge in [0.2, 0.25) is 0 Å². The Kier molecular flexibility index (Phi) is 5.46. The van der Waals surface area contributed by atoms with E-state index >= 15 is 0 Å². The predicted octanol–water partition coefficient (Wildman–Crippen LogP) is 3.55. The van der Waals surface area contributed by atoms with Crippen molar-refractivity contribution in [1.29, 1.82) is 0 Å². The van der Waals surface area contributed by atoms with Gasteiger partial charge < -0.3 is 0 Å². The summed E-state index contributed by atoms with van der Waals surface area (Å²) >= 11 is 6.32. The Bertz CT molecular complexity index is 75.3. The quantitative estimate of drug-likeness (QED) is 0.457. The molecular formula is C8H19ClSi. The molecule has 0 saturated carbocycles. The molecule has 0 spiro atoms. The molecule has 0 N–H and O–H groups in total. The van der Waals surface area contributed by atoms with Gasteiger partial charge in [0.1, 0.15) is 8.11 Å². The maximum atomic E-state index is 6.32. The zero-order valence-corrected chi connectivity index (χ0v) is 9.43. The van der Waals surface area contributed by atoms with E-state index in [1.54, 1.807) is 0 Å². The van der Waals surface area contributed by atoms with E-state index in [1.807, 2.05) is 0 Å². The van der Waals surface area contributed by atoms with E-state index in [1.165, 1.54) is 12.8 Å². The molecule has 10 heavy (non-hydrogen) atoms. The molecule has 0 nitrogen and oxygen atoms in total. The van der Waals surface area contributed by atoms with Gasteiger partial charge in [-0.15, -0.1) is 0 Å². The lowest BCUT2D eigenvalue weighted by molar-refractivity contribution is 0.797. The minimum absolute atomic E-state index is 0.802. The highest BCUT2D eigenvalue weighted by Crippen LogP contribution is 2.28. The van der Waals surface area contributed by atoms with Crippen molar-refractivity contribution in [3.8, 4) is 0 Å². The standard InChI is InChI=1S/C8H19ClSi/c1-5-7(3)10(9)8(4)6-2/h7-8,10H,5-6H2,1-4H3. The zero-order chi connectivity index (χ0) is 8.15. The predicted molar refractivity (Wildman–Crippen MR) is 52.4 cm³/mol. The summed E-state index contributed by atoms with van der Waals surface area (Å²) in [7, 11) is -0.918. The average molecular weight is 179 g/mol. The second-order valence-corrected chi connectivity index (χ2v) is 7.89. The van der Waals surface area contributed by atoms with Crippen LogP contribution in [0.2, 0.25) is 11.1 Å². The maximum absolute atomic E-state index is 6.32. The molecule has 0 radical (unpaired) electrons. The van der Waals surface area contributed by atoms with Crippen molar-refractivity contribution >= 4 is 19.2 Å². The molecule has 0 heterocycles. The molecule has 0 fully saturated rings. The molecule has 0 saturated heterocycles. The second-order valence-electron chi connectivity index (χ2n) is 3.22. The molecule has 0 aromatic rings. The van der Waals surface area contributed by atoms with Crippen molar-refractivity contribution in [2.75, 3.05) is 0 Å². The normalized spacial score (nSPS) is 20.1. The van der Waals surface area contributed by atoms with Gasteiger partial charge in [-0.1, -0.05) is 40.5 Å². The molecule has 0 aromatic carbocycles. The first-order chi connectivity index (χ1) is 4.63. The van der Waals surface area contributed by atoms with Crippen LogP contribution in [0.3, 0.4) is 0 Å². The molecule has 0 bridgehead atoms. The van der Waals surface area contributed by atoms with Gasteiger partial charge in [0.15, 0.2) is 0 Å². The van der Waals surface area contributed by atoms with Crippen molar-refractivity contribution in [2.45, 2.75) is 51.6 Å². The second kappa shape index (κ2) is 5.20. The Hall–Kier alpha value is 0.507. The minimum atomic E-state index is -0.918. The van der Waals surface area contributed by atoms with E-state index in [9.17, 15) is 0 Å². The van der Waals surface area contributed by atoms with Crippen LogP contribution < -0.4 is 0 Å². The summed E-state index contributed by atoms with van der Waals surface area (Å²) in [4.78, 5) is 0. The summed E-state index contributed by atoms with van der Waals surface area (Å²) in [6.45, 7) is 9.04. The first-order valence-corrected chi connectivity index (χ1v) is 7.35. The Morgan fingerprint density at radius 3 is 1.60 bits per heavy atom. The lowest BCUT2D eigenvalue weighted by Crippen LogP contribution is -2.16. The molecule has 0 amide bonds. The summed E-state index contributed by atoms with van der Waals surface area (Å²) in [5.74, 6) is 0. The summed E-state index contributed by atoms with van der Waals surface area (Å²) < 4.78 is 0. The third kappa shape index (κ3) is 3.06. The van der Waals surface area contributed by atoms with Crippen LogP contribution in [0.5, 0.6) is 0 Å². The fraction of sp³-hybridized carbons (Fsp3) is 1.00. The first kappa shape index (κ1) is 10.5. The van der Waals surface area contributed by atoms with Gasteiger partial charge in [0.05, 0.1) is 0 Å². The van der Waals surface area contributed by atoms with Crippen molar-refractivity contribution in [2.24, 2.45) is 0 Å². The molecule has 0 aliphatic rings. The molecular weight excluding hydrogens is 160 g/mol. The van der Waals surface area contributed by atoms with E-state index in [4.69, 9.17) is 11.1 Å². The highest BCUT2D eigenvalue weighted by atomic mass is 35.6. The molecule has 0 aliphatic heterocycles. The zero-order valence-electron chi connectivity index (χ0n) is 7.52. The van der Waals surface area contributed by atoms with Crippen molar-refractivity contribution in [3.63, 3.8) is 0 Å². The molecule has 0 aliphatic carbocycles. The van der Waals surface area contributed by atoms with E-state index in [0.29, 0.717) is 0 Å². The van der Waals surface area contributed by atoms with E-state index in [0.717, 1.165) is 11.1 Å². The molecule has 0 rings (SSSR count). The summed E-state index contributed by atoms with van der Waals surface area (Å²) in [5, 5.41) is 0. The summed E-state index contributed by atoms with van der Waals surface area (Å²) in [6.07, 6.45) is 2.51. The van der Waals surface area contributed by atoms with Crippen LogP contribution in [0.15, 0.2) is 0 Å². The number of rotatable bonds is 4. The highest BCUT2D eigenvalue weighted by Gasteiger charge is 2.20. The Morgan fingerprint density at radius 2 is 1.40 bits per heavy atom.